The average molecular weight is 357 g/mol. The van der Waals surface area contributed by atoms with Gasteiger partial charge in [0, 0.05) is 6.07 Å². The number of hydrogen-bond donors (Lipinski definition) is 1. The molecule has 0 heterocycles. The summed E-state index contributed by atoms with van der Waals surface area (Å²) in [7, 11) is 1.60. The summed E-state index contributed by atoms with van der Waals surface area (Å²) in [4.78, 5) is 12.3. The van der Waals surface area contributed by atoms with Crippen molar-refractivity contribution in [3.63, 3.8) is 0 Å². The summed E-state index contributed by atoms with van der Waals surface area (Å²) in [6, 6.07) is 13.2. The molecule has 0 saturated heterocycles. The van der Waals surface area contributed by atoms with Gasteiger partial charge in [-0.3, -0.25) is 4.79 Å². The highest BCUT2D eigenvalue weighted by molar-refractivity contribution is 5.81. The van der Waals surface area contributed by atoms with E-state index in [9.17, 15) is 4.79 Å². The zero-order chi connectivity index (χ0) is 18.9. The van der Waals surface area contributed by atoms with Crippen LogP contribution in [-0.2, 0) is 4.79 Å². The van der Waals surface area contributed by atoms with E-state index in [1.807, 2.05) is 44.2 Å². The van der Waals surface area contributed by atoms with Gasteiger partial charge in [-0.25, -0.2) is 0 Å². The summed E-state index contributed by atoms with van der Waals surface area (Å²) in [5.41, 5.74) is 2.41. The molecule has 5 nitrogen and oxygen atoms in total. The molecule has 0 aliphatic carbocycles. The molecule has 2 aromatic carbocycles. The summed E-state index contributed by atoms with van der Waals surface area (Å²) in [5, 5.41) is 2.86. The van der Waals surface area contributed by atoms with Gasteiger partial charge in [0.05, 0.1) is 13.7 Å². The van der Waals surface area contributed by atoms with E-state index in [0.29, 0.717) is 31.1 Å². The molecule has 1 atom stereocenters. The molecule has 26 heavy (non-hydrogen) atoms. The standard InChI is InChI=1S/C21H27NO4/c1-5-20(26-19-8-6-7-17(14-19)24-4)21(23)22-11-12-25-18-10-9-15(2)16(3)13-18/h6-10,13-14,20H,5,11-12H2,1-4H3,(H,22,23). The lowest BCUT2D eigenvalue weighted by Crippen LogP contribution is -2.39. The molecular weight excluding hydrogens is 330 g/mol. The second-order valence-corrected chi connectivity index (χ2v) is 6.08. The molecule has 2 rings (SSSR count). The zero-order valence-corrected chi connectivity index (χ0v) is 15.9. The Hall–Kier alpha value is -2.69. The molecule has 5 heteroatoms. The van der Waals surface area contributed by atoms with Crippen LogP contribution in [0.2, 0.25) is 0 Å². The van der Waals surface area contributed by atoms with Crippen molar-refractivity contribution in [1.82, 2.24) is 5.32 Å². The molecule has 1 amide bonds. The van der Waals surface area contributed by atoms with Crippen molar-refractivity contribution in [2.75, 3.05) is 20.3 Å². The normalized spacial score (nSPS) is 11.5. The van der Waals surface area contributed by atoms with E-state index in [2.05, 4.69) is 12.2 Å². The quantitative estimate of drug-likeness (QED) is 0.696. The number of methoxy groups -OCH3 is 1. The first kappa shape index (κ1) is 19.6. The van der Waals surface area contributed by atoms with Crippen molar-refractivity contribution >= 4 is 5.91 Å². The van der Waals surface area contributed by atoms with E-state index in [-0.39, 0.29) is 5.91 Å². The number of ether oxygens (including phenoxy) is 3. The molecule has 0 bridgehead atoms. The first-order chi connectivity index (χ1) is 12.5. The minimum absolute atomic E-state index is 0.154. The Kier molecular flexibility index (Phi) is 7.33. The first-order valence-electron chi connectivity index (χ1n) is 8.82. The zero-order valence-electron chi connectivity index (χ0n) is 15.9. The van der Waals surface area contributed by atoms with Gasteiger partial charge >= 0.3 is 0 Å². The fourth-order valence-corrected chi connectivity index (χ4v) is 2.42. The van der Waals surface area contributed by atoms with Crippen LogP contribution in [0.25, 0.3) is 0 Å². The minimum Gasteiger partial charge on any atom is -0.497 e. The van der Waals surface area contributed by atoms with Crippen molar-refractivity contribution < 1.29 is 19.0 Å². The lowest BCUT2D eigenvalue weighted by Gasteiger charge is -2.18. The summed E-state index contributed by atoms with van der Waals surface area (Å²) in [6.07, 6.45) is 0.0184. The highest BCUT2D eigenvalue weighted by Crippen LogP contribution is 2.20. The molecule has 0 saturated carbocycles. The molecule has 0 radical (unpaired) electrons. The van der Waals surface area contributed by atoms with Crippen LogP contribution < -0.4 is 19.5 Å². The first-order valence-corrected chi connectivity index (χ1v) is 8.82. The van der Waals surface area contributed by atoms with Crippen LogP contribution in [0.4, 0.5) is 0 Å². The SMILES string of the molecule is CCC(Oc1cccc(OC)c1)C(=O)NCCOc1ccc(C)c(C)c1. The largest absolute Gasteiger partial charge is 0.497 e. The van der Waals surface area contributed by atoms with Crippen LogP contribution in [0.3, 0.4) is 0 Å². The molecule has 0 aliphatic rings. The lowest BCUT2D eigenvalue weighted by atomic mass is 10.1. The maximum absolute atomic E-state index is 12.3. The van der Waals surface area contributed by atoms with Gasteiger partial charge in [0.25, 0.3) is 5.91 Å². The summed E-state index contributed by atoms with van der Waals surface area (Å²) >= 11 is 0. The van der Waals surface area contributed by atoms with E-state index in [4.69, 9.17) is 14.2 Å². The van der Waals surface area contributed by atoms with Crippen molar-refractivity contribution in [1.29, 1.82) is 0 Å². The maximum Gasteiger partial charge on any atom is 0.261 e. The molecule has 0 spiro atoms. The van der Waals surface area contributed by atoms with Gasteiger partial charge in [-0.15, -0.1) is 0 Å². The van der Waals surface area contributed by atoms with Gasteiger partial charge in [-0.05, 0) is 55.7 Å². The van der Waals surface area contributed by atoms with Crippen LogP contribution in [0.15, 0.2) is 42.5 Å². The van der Waals surface area contributed by atoms with E-state index in [1.54, 1.807) is 19.2 Å². The molecule has 0 aromatic heterocycles. The number of rotatable bonds is 9. The van der Waals surface area contributed by atoms with E-state index in [0.717, 1.165) is 5.75 Å². The lowest BCUT2D eigenvalue weighted by molar-refractivity contribution is -0.128. The summed E-state index contributed by atoms with van der Waals surface area (Å²) in [5.74, 6) is 1.96. The van der Waals surface area contributed by atoms with Crippen LogP contribution in [-0.4, -0.2) is 32.3 Å². The third-order valence-electron chi connectivity index (χ3n) is 4.13. The number of nitrogens with one attached hydrogen (secondary N) is 1. The number of benzene rings is 2. The number of aryl methyl sites for hydroxylation is 2. The Labute approximate surface area is 155 Å². The summed E-state index contributed by atoms with van der Waals surface area (Å²) in [6.45, 7) is 6.85. The van der Waals surface area contributed by atoms with Crippen LogP contribution in [0, 0.1) is 13.8 Å². The number of amides is 1. The highest BCUT2D eigenvalue weighted by atomic mass is 16.5. The average Bonchev–Trinajstić information content (AvgIpc) is 2.66. The van der Waals surface area contributed by atoms with E-state index in [1.165, 1.54) is 11.1 Å². The molecule has 1 N–H and O–H groups in total. The fraction of sp³-hybridized carbons (Fsp3) is 0.381. The Morgan fingerprint density at radius 1 is 1.04 bits per heavy atom. The molecule has 0 fully saturated rings. The number of carbonyl (C=O) groups excluding carboxylic acids is 1. The molecule has 1 unspecified atom stereocenters. The second-order valence-electron chi connectivity index (χ2n) is 6.08. The van der Waals surface area contributed by atoms with Crippen molar-refractivity contribution in [3.8, 4) is 17.2 Å². The Bertz CT molecular complexity index is 730. The predicted octanol–water partition coefficient (Wildman–Crippen LogP) is 3.66. The maximum atomic E-state index is 12.3. The van der Waals surface area contributed by atoms with Gasteiger partial charge in [-0.1, -0.05) is 19.1 Å². The Morgan fingerprint density at radius 3 is 2.50 bits per heavy atom. The van der Waals surface area contributed by atoms with Gasteiger partial charge < -0.3 is 19.5 Å². The summed E-state index contributed by atoms with van der Waals surface area (Å²) < 4.78 is 16.6. The molecule has 140 valence electrons. The topological polar surface area (TPSA) is 56.8 Å². The highest BCUT2D eigenvalue weighted by Gasteiger charge is 2.18. The Balaban J connectivity index is 1.80. The second kappa shape index (κ2) is 9.70. The van der Waals surface area contributed by atoms with Gasteiger partial charge in [0.15, 0.2) is 6.10 Å². The van der Waals surface area contributed by atoms with Crippen LogP contribution >= 0.6 is 0 Å². The smallest absolute Gasteiger partial charge is 0.261 e. The van der Waals surface area contributed by atoms with Crippen molar-refractivity contribution in [3.05, 3.63) is 53.6 Å². The van der Waals surface area contributed by atoms with E-state index < -0.39 is 6.10 Å². The van der Waals surface area contributed by atoms with Gasteiger partial charge in [-0.2, -0.15) is 0 Å². The third kappa shape index (κ3) is 5.69. The number of hydrogen-bond acceptors (Lipinski definition) is 4. The monoisotopic (exact) mass is 357 g/mol. The third-order valence-corrected chi connectivity index (χ3v) is 4.13. The Morgan fingerprint density at radius 2 is 1.81 bits per heavy atom. The van der Waals surface area contributed by atoms with Crippen LogP contribution in [0.1, 0.15) is 24.5 Å². The fourth-order valence-electron chi connectivity index (χ4n) is 2.42. The predicted molar refractivity (Wildman–Crippen MR) is 102 cm³/mol. The molecule has 0 aliphatic heterocycles. The number of carbonyl (C=O) groups is 1. The molecule has 2 aromatic rings. The van der Waals surface area contributed by atoms with Crippen LogP contribution in [0.5, 0.6) is 17.2 Å². The van der Waals surface area contributed by atoms with Gasteiger partial charge in [0.1, 0.15) is 23.9 Å². The van der Waals surface area contributed by atoms with E-state index >= 15 is 0 Å². The van der Waals surface area contributed by atoms with Gasteiger partial charge in [0.2, 0.25) is 0 Å². The van der Waals surface area contributed by atoms with Crippen molar-refractivity contribution in [2.45, 2.75) is 33.3 Å². The molecular formula is C21H27NO4. The van der Waals surface area contributed by atoms with Crippen molar-refractivity contribution in [2.24, 2.45) is 0 Å². The minimum atomic E-state index is -0.552.